The fourth-order valence-corrected chi connectivity index (χ4v) is 3.98. The first-order valence-electron chi connectivity index (χ1n) is 12.3. The molecular formula is C28H28N6O3. The summed E-state index contributed by atoms with van der Waals surface area (Å²) >= 11 is 0. The third-order valence-electron chi connectivity index (χ3n) is 6.06. The fraction of sp³-hybridized carbons (Fsp3) is 0.214. The second kappa shape index (κ2) is 10.9. The van der Waals surface area contributed by atoms with Crippen LogP contribution in [0.15, 0.2) is 79.1 Å². The Morgan fingerprint density at radius 3 is 2.54 bits per heavy atom. The summed E-state index contributed by atoms with van der Waals surface area (Å²) in [5, 5.41) is 17.3. The number of hydrogen-bond acceptors (Lipinski definition) is 5. The molecule has 9 nitrogen and oxygen atoms in total. The highest BCUT2D eigenvalue weighted by Gasteiger charge is 2.23. The van der Waals surface area contributed by atoms with Crippen LogP contribution < -0.4 is 16.0 Å². The number of nitrogens with zero attached hydrogens (tertiary/aromatic N) is 3. The minimum Gasteiger partial charge on any atom is -0.465 e. The van der Waals surface area contributed by atoms with Gasteiger partial charge in [-0.3, -0.25) is 9.20 Å². The Bertz CT molecular complexity index is 1430. The van der Waals surface area contributed by atoms with Crippen LogP contribution in [0, 0.1) is 0 Å². The number of aromatic nitrogens is 3. The molecule has 2 heterocycles. The molecule has 37 heavy (non-hydrogen) atoms. The van der Waals surface area contributed by atoms with Crippen molar-refractivity contribution in [1.82, 2.24) is 25.0 Å². The van der Waals surface area contributed by atoms with E-state index in [1.165, 1.54) is 0 Å². The molecule has 0 aliphatic heterocycles. The van der Waals surface area contributed by atoms with Crippen molar-refractivity contribution in [2.45, 2.75) is 25.3 Å². The number of anilines is 1. The zero-order valence-electron chi connectivity index (χ0n) is 20.2. The standard InChI is InChI=1S/C28H28N6O3/c35-27(32-22-13-14-22)21-11-9-20(10-12-21)24-17-31-26-25(29-15-5-2-6-16-30-28(36)37)33-23(18-34(24)26)19-7-3-1-4-8-19/h1-4,6-12,17-18,22,30H,5,13-16H2,(H,29,33)(H,32,35)(H,36,37)/b6-2+. The zero-order chi connectivity index (χ0) is 25.6. The summed E-state index contributed by atoms with van der Waals surface area (Å²) in [5.41, 5.74) is 4.97. The predicted molar refractivity (Wildman–Crippen MR) is 143 cm³/mol. The number of amides is 2. The van der Waals surface area contributed by atoms with Gasteiger partial charge in [0.2, 0.25) is 0 Å². The normalized spacial score (nSPS) is 13.1. The summed E-state index contributed by atoms with van der Waals surface area (Å²) in [5.74, 6) is 0.618. The lowest BCUT2D eigenvalue weighted by atomic mass is 10.1. The van der Waals surface area contributed by atoms with E-state index in [0.29, 0.717) is 36.0 Å². The largest absolute Gasteiger partial charge is 0.465 e. The molecule has 1 saturated carbocycles. The highest BCUT2D eigenvalue weighted by molar-refractivity contribution is 5.95. The van der Waals surface area contributed by atoms with Crippen LogP contribution in [0.5, 0.6) is 0 Å². The van der Waals surface area contributed by atoms with E-state index in [-0.39, 0.29) is 12.5 Å². The van der Waals surface area contributed by atoms with Crippen LogP contribution in [0.2, 0.25) is 0 Å². The smallest absolute Gasteiger partial charge is 0.404 e. The van der Waals surface area contributed by atoms with Crippen LogP contribution in [0.4, 0.5) is 10.6 Å². The Kier molecular flexibility index (Phi) is 7.12. The van der Waals surface area contributed by atoms with Gasteiger partial charge in [-0.05, 0) is 31.4 Å². The quantitative estimate of drug-likeness (QED) is 0.188. The molecule has 0 spiro atoms. The van der Waals surface area contributed by atoms with Crippen LogP contribution in [0.25, 0.3) is 28.2 Å². The topological polar surface area (TPSA) is 121 Å². The van der Waals surface area contributed by atoms with Gasteiger partial charge in [-0.2, -0.15) is 0 Å². The van der Waals surface area contributed by atoms with Gasteiger partial charge in [0, 0.05) is 42.0 Å². The van der Waals surface area contributed by atoms with Gasteiger partial charge in [-0.15, -0.1) is 0 Å². The number of imidazole rings is 1. The highest BCUT2D eigenvalue weighted by atomic mass is 16.4. The SMILES string of the molecule is O=C(O)NC/C=C/CCNc1nc(-c2ccccc2)cn2c(-c3ccc(C(=O)NC4CC4)cc3)cnc12. The fourth-order valence-electron chi connectivity index (χ4n) is 3.98. The Labute approximate surface area is 214 Å². The van der Waals surface area contributed by atoms with Gasteiger partial charge >= 0.3 is 6.09 Å². The minimum absolute atomic E-state index is 0.0398. The van der Waals surface area contributed by atoms with Gasteiger partial charge in [0.25, 0.3) is 5.91 Å². The van der Waals surface area contributed by atoms with E-state index in [1.807, 2.05) is 77.5 Å². The molecule has 1 fully saturated rings. The maximum absolute atomic E-state index is 12.4. The number of hydrogen-bond donors (Lipinski definition) is 4. The molecule has 4 N–H and O–H groups in total. The molecule has 188 valence electrons. The van der Waals surface area contributed by atoms with Crippen LogP contribution in [0.3, 0.4) is 0 Å². The molecule has 1 aliphatic rings. The number of fused-ring (bicyclic) bond motifs is 1. The monoisotopic (exact) mass is 496 g/mol. The van der Waals surface area contributed by atoms with Gasteiger partial charge in [-0.1, -0.05) is 54.6 Å². The molecule has 9 heteroatoms. The number of carbonyl (C=O) groups is 2. The summed E-state index contributed by atoms with van der Waals surface area (Å²) in [4.78, 5) is 32.4. The molecule has 2 amide bonds. The van der Waals surface area contributed by atoms with E-state index in [0.717, 1.165) is 35.4 Å². The molecule has 2 aromatic heterocycles. The Balaban J connectivity index is 1.40. The predicted octanol–water partition coefficient (Wildman–Crippen LogP) is 4.58. The number of benzene rings is 2. The lowest BCUT2D eigenvalue weighted by molar-refractivity contribution is 0.0951. The van der Waals surface area contributed by atoms with E-state index in [2.05, 4.69) is 20.9 Å². The maximum Gasteiger partial charge on any atom is 0.404 e. The number of carbonyl (C=O) groups excluding carboxylic acids is 1. The first kappa shape index (κ1) is 24.1. The number of rotatable bonds is 10. The average molecular weight is 497 g/mol. The molecule has 0 saturated heterocycles. The van der Waals surface area contributed by atoms with Crippen LogP contribution in [-0.2, 0) is 0 Å². The molecule has 2 aromatic carbocycles. The Morgan fingerprint density at radius 1 is 1.03 bits per heavy atom. The Hall–Kier alpha value is -4.66. The average Bonchev–Trinajstić information content (AvgIpc) is 3.63. The Morgan fingerprint density at radius 2 is 1.81 bits per heavy atom. The van der Waals surface area contributed by atoms with Crippen molar-refractivity contribution in [2.24, 2.45) is 0 Å². The summed E-state index contributed by atoms with van der Waals surface area (Å²) < 4.78 is 2.02. The van der Waals surface area contributed by atoms with Crippen molar-refractivity contribution in [3.63, 3.8) is 0 Å². The van der Waals surface area contributed by atoms with E-state index in [1.54, 1.807) is 6.08 Å². The van der Waals surface area contributed by atoms with Crippen molar-refractivity contribution in [1.29, 1.82) is 0 Å². The van der Waals surface area contributed by atoms with Gasteiger partial charge in [0.05, 0.1) is 17.6 Å². The van der Waals surface area contributed by atoms with Crippen molar-refractivity contribution in [3.8, 4) is 22.5 Å². The molecule has 1 aliphatic carbocycles. The molecule has 0 bridgehead atoms. The molecule has 5 rings (SSSR count). The van der Waals surface area contributed by atoms with E-state index >= 15 is 0 Å². The van der Waals surface area contributed by atoms with Gasteiger partial charge in [0.1, 0.15) is 0 Å². The summed E-state index contributed by atoms with van der Waals surface area (Å²) in [6, 6.07) is 17.8. The molecule has 0 unspecified atom stereocenters. The third kappa shape index (κ3) is 5.95. The van der Waals surface area contributed by atoms with Crippen molar-refractivity contribution >= 4 is 23.5 Å². The number of nitrogens with one attached hydrogen (secondary N) is 3. The lowest BCUT2D eigenvalue weighted by Gasteiger charge is -2.11. The van der Waals surface area contributed by atoms with Crippen molar-refractivity contribution < 1.29 is 14.7 Å². The van der Waals surface area contributed by atoms with Gasteiger partial charge in [-0.25, -0.2) is 14.8 Å². The van der Waals surface area contributed by atoms with Crippen molar-refractivity contribution in [3.05, 3.63) is 84.7 Å². The first-order chi connectivity index (χ1) is 18.1. The first-order valence-corrected chi connectivity index (χ1v) is 12.3. The van der Waals surface area contributed by atoms with Gasteiger partial charge in [0.15, 0.2) is 11.5 Å². The second-order valence-electron chi connectivity index (χ2n) is 8.88. The summed E-state index contributed by atoms with van der Waals surface area (Å²) in [7, 11) is 0. The van der Waals surface area contributed by atoms with Crippen molar-refractivity contribution in [2.75, 3.05) is 18.4 Å². The van der Waals surface area contributed by atoms with Crippen LogP contribution in [-0.4, -0.2) is 50.6 Å². The molecule has 0 atom stereocenters. The number of carboxylic acid groups (broad SMARTS) is 1. The molecule has 0 radical (unpaired) electrons. The lowest BCUT2D eigenvalue weighted by Crippen LogP contribution is -2.25. The zero-order valence-corrected chi connectivity index (χ0v) is 20.2. The molecular weight excluding hydrogens is 468 g/mol. The second-order valence-corrected chi connectivity index (χ2v) is 8.88. The summed E-state index contributed by atoms with van der Waals surface area (Å²) in [6.07, 6.45) is 9.24. The summed E-state index contributed by atoms with van der Waals surface area (Å²) in [6.45, 7) is 0.878. The molecule has 4 aromatic rings. The van der Waals surface area contributed by atoms with Crippen LogP contribution in [0.1, 0.15) is 29.6 Å². The third-order valence-corrected chi connectivity index (χ3v) is 6.06. The van der Waals surface area contributed by atoms with E-state index in [9.17, 15) is 9.59 Å². The highest BCUT2D eigenvalue weighted by Crippen LogP contribution is 2.28. The van der Waals surface area contributed by atoms with Gasteiger partial charge < -0.3 is 21.1 Å². The maximum atomic E-state index is 12.4. The van der Waals surface area contributed by atoms with E-state index < -0.39 is 6.09 Å². The minimum atomic E-state index is -1.04. The van der Waals surface area contributed by atoms with Crippen LogP contribution >= 0.6 is 0 Å². The van der Waals surface area contributed by atoms with E-state index in [4.69, 9.17) is 10.1 Å².